The molecule has 0 heterocycles. The zero-order valence-electron chi connectivity index (χ0n) is 9.71. The van der Waals surface area contributed by atoms with Crippen LogP contribution in [0.4, 0.5) is 0 Å². The van der Waals surface area contributed by atoms with Crippen molar-refractivity contribution in [1.29, 1.82) is 0 Å². The Bertz CT molecular complexity index is 112. The molecule has 0 aromatic carbocycles. The molecular formula is C12H25N. The van der Waals surface area contributed by atoms with Gasteiger partial charge in [0.25, 0.3) is 0 Å². The molecule has 1 heteroatoms. The predicted molar refractivity (Wildman–Crippen MR) is 63.1 cm³/mol. The van der Waals surface area contributed by atoms with E-state index in [1.807, 2.05) is 32.1 Å². The van der Waals surface area contributed by atoms with Gasteiger partial charge in [0.05, 0.1) is 0 Å². The average molecular weight is 183 g/mol. The fourth-order valence-electron chi connectivity index (χ4n) is 0.616. The average Bonchev–Trinajstić information content (AvgIpc) is 2.03. The van der Waals surface area contributed by atoms with E-state index in [-0.39, 0.29) is 0 Å². The van der Waals surface area contributed by atoms with E-state index < -0.39 is 0 Å². The van der Waals surface area contributed by atoms with Crippen molar-refractivity contribution in [2.24, 2.45) is 0 Å². The van der Waals surface area contributed by atoms with Gasteiger partial charge < -0.3 is 4.90 Å². The second-order valence-electron chi connectivity index (χ2n) is 3.47. The maximum absolute atomic E-state index is 3.64. The molecule has 1 nitrogen and oxygen atoms in total. The second kappa shape index (κ2) is 14.0. The van der Waals surface area contributed by atoms with Crippen LogP contribution in [0.25, 0.3) is 0 Å². The van der Waals surface area contributed by atoms with Gasteiger partial charge in [-0.15, -0.1) is 6.58 Å². The zero-order chi connectivity index (χ0) is 10.5. The van der Waals surface area contributed by atoms with Gasteiger partial charge >= 0.3 is 0 Å². The minimum atomic E-state index is 1.11. The molecule has 0 fully saturated rings. The van der Waals surface area contributed by atoms with Gasteiger partial charge in [0, 0.05) is 0 Å². The molecule has 0 saturated heterocycles. The number of hydrogen-bond acceptors (Lipinski definition) is 1. The first-order valence-corrected chi connectivity index (χ1v) is 5.02. The smallest absolute Gasteiger partial charge is 0.0140 e. The van der Waals surface area contributed by atoms with E-state index in [9.17, 15) is 0 Å². The quantitative estimate of drug-likeness (QED) is 0.466. The van der Waals surface area contributed by atoms with E-state index in [0.29, 0.717) is 0 Å². The molecule has 0 rings (SSSR count). The number of rotatable bonds is 5. The molecule has 0 amide bonds. The Morgan fingerprint density at radius 2 is 1.46 bits per heavy atom. The number of unbranched alkanes of at least 4 members (excludes halogenated alkanes) is 2. The van der Waals surface area contributed by atoms with Crippen molar-refractivity contribution in [1.82, 2.24) is 4.90 Å². The Kier molecular flexibility index (Phi) is 16.1. The Morgan fingerprint density at radius 3 is 1.85 bits per heavy atom. The first-order chi connectivity index (χ1) is 6.15. The van der Waals surface area contributed by atoms with Crippen molar-refractivity contribution in [3.8, 4) is 0 Å². The largest absolute Gasteiger partial charge is 0.312 e. The van der Waals surface area contributed by atoms with Crippen molar-refractivity contribution in [2.45, 2.75) is 32.6 Å². The van der Waals surface area contributed by atoms with Crippen LogP contribution < -0.4 is 0 Å². The number of allylic oxidation sites excluding steroid dienone is 3. The summed E-state index contributed by atoms with van der Waals surface area (Å²) in [6.07, 6.45) is 11.2. The van der Waals surface area contributed by atoms with Crippen LogP contribution >= 0.6 is 0 Å². The molecule has 0 N–H and O–H groups in total. The highest BCUT2D eigenvalue weighted by Gasteiger charge is 1.73. The molecule has 0 saturated carbocycles. The van der Waals surface area contributed by atoms with Crippen molar-refractivity contribution in [3.05, 3.63) is 24.8 Å². The van der Waals surface area contributed by atoms with Crippen LogP contribution in [0.5, 0.6) is 0 Å². The van der Waals surface area contributed by atoms with Gasteiger partial charge in [-0.05, 0) is 40.4 Å². The lowest BCUT2D eigenvalue weighted by molar-refractivity contribution is 0.505. The SMILES string of the molecule is C=CCCC=CCCC.CN(C)C. The summed E-state index contributed by atoms with van der Waals surface area (Å²) in [6.45, 7) is 5.84. The van der Waals surface area contributed by atoms with E-state index in [0.717, 1.165) is 12.8 Å². The van der Waals surface area contributed by atoms with E-state index in [2.05, 4.69) is 25.7 Å². The molecule has 78 valence electrons. The van der Waals surface area contributed by atoms with Crippen LogP contribution in [0.3, 0.4) is 0 Å². The highest BCUT2D eigenvalue weighted by Crippen LogP contribution is 1.94. The van der Waals surface area contributed by atoms with Crippen molar-refractivity contribution in [3.63, 3.8) is 0 Å². The molecule has 0 aromatic heterocycles. The van der Waals surface area contributed by atoms with Gasteiger partial charge in [-0.2, -0.15) is 0 Å². The first kappa shape index (κ1) is 14.9. The van der Waals surface area contributed by atoms with Crippen molar-refractivity contribution < 1.29 is 0 Å². The molecule has 0 radical (unpaired) electrons. The van der Waals surface area contributed by atoms with Gasteiger partial charge in [0.1, 0.15) is 0 Å². The molecule has 0 unspecified atom stereocenters. The van der Waals surface area contributed by atoms with E-state index in [1.165, 1.54) is 12.8 Å². The van der Waals surface area contributed by atoms with E-state index in [4.69, 9.17) is 0 Å². The fourth-order valence-corrected chi connectivity index (χ4v) is 0.616. The maximum atomic E-state index is 3.64. The number of hydrogen-bond donors (Lipinski definition) is 0. The molecule has 13 heavy (non-hydrogen) atoms. The van der Waals surface area contributed by atoms with Gasteiger partial charge in [-0.25, -0.2) is 0 Å². The van der Waals surface area contributed by atoms with Crippen LogP contribution in [-0.2, 0) is 0 Å². The lowest BCUT2D eigenvalue weighted by Crippen LogP contribution is -1.99. The van der Waals surface area contributed by atoms with Gasteiger partial charge in [0.15, 0.2) is 0 Å². The first-order valence-electron chi connectivity index (χ1n) is 5.02. The predicted octanol–water partition coefficient (Wildman–Crippen LogP) is 3.49. The van der Waals surface area contributed by atoms with Gasteiger partial charge in [0.2, 0.25) is 0 Å². The Balaban J connectivity index is 0. The standard InChI is InChI=1S/C9H16.C3H9N/c1-3-5-7-9-8-6-4-2;1-4(2)3/h3,8-9H,1,4-7H2,2H3;1-3H3. The van der Waals surface area contributed by atoms with E-state index >= 15 is 0 Å². The second-order valence-corrected chi connectivity index (χ2v) is 3.47. The molecule has 0 spiro atoms. The maximum Gasteiger partial charge on any atom is -0.0140 e. The Morgan fingerprint density at radius 1 is 1.00 bits per heavy atom. The van der Waals surface area contributed by atoms with Gasteiger partial charge in [-0.3, -0.25) is 0 Å². The molecular weight excluding hydrogens is 158 g/mol. The minimum Gasteiger partial charge on any atom is -0.312 e. The number of nitrogens with zero attached hydrogens (tertiary/aromatic N) is 1. The van der Waals surface area contributed by atoms with Crippen LogP contribution in [0.1, 0.15) is 32.6 Å². The molecule has 0 aromatic rings. The summed E-state index contributed by atoms with van der Waals surface area (Å²) in [4.78, 5) is 2.00. The highest BCUT2D eigenvalue weighted by atomic mass is 15.0. The minimum absolute atomic E-state index is 1.11. The third-order valence-corrected chi connectivity index (χ3v) is 1.16. The van der Waals surface area contributed by atoms with Crippen LogP contribution in [0.2, 0.25) is 0 Å². The highest BCUT2D eigenvalue weighted by molar-refractivity contribution is 4.83. The summed E-state index contributed by atoms with van der Waals surface area (Å²) in [5.41, 5.74) is 0. The molecule has 0 aliphatic heterocycles. The summed E-state index contributed by atoms with van der Waals surface area (Å²) in [5, 5.41) is 0. The van der Waals surface area contributed by atoms with Gasteiger partial charge in [-0.1, -0.05) is 31.6 Å². The third kappa shape index (κ3) is 34.4. The molecule has 0 bridgehead atoms. The van der Waals surface area contributed by atoms with E-state index in [1.54, 1.807) is 0 Å². The molecule has 0 atom stereocenters. The molecule has 0 aliphatic carbocycles. The molecule has 0 aliphatic rings. The fraction of sp³-hybridized carbons (Fsp3) is 0.667. The third-order valence-electron chi connectivity index (χ3n) is 1.16. The van der Waals surface area contributed by atoms with Crippen molar-refractivity contribution >= 4 is 0 Å². The van der Waals surface area contributed by atoms with Crippen molar-refractivity contribution in [2.75, 3.05) is 21.1 Å². The lowest BCUT2D eigenvalue weighted by Gasteiger charge is -1.90. The normalized spacial score (nSPS) is 9.92. The monoisotopic (exact) mass is 183 g/mol. The summed E-state index contributed by atoms with van der Waals surface area (Å²) in [5.74, 6) is 0. The Labute approximate surface area is 84.1 Å². The van der Waals surface area contributed by atoms with Crippen LogP contribution in [0, 0.1) is 0 Å². The topological polar surface area (TPSA) is 3.24 Å². The summed E-state index contributed by atoms with van der Waals surface area (Å²) < 4.78 is 0. The summed E-state index contributed by atoms with van der Waals surface area (Å²) in [6, 6.07) is 0. The zero-order valence-corrected chi connectivity index (χ0v) is 9.71. The summed E-state index contributed by atoms with van der Waals surface area (Å²) in [7, 11) is 6.00. The Hall–Kier alpha value is -0.560. The van der Waals surface area contributed by atoms with Crippen LogP contribution in [-0.4, -0.2) is 26.0 Å². The van der Waals surface area contributed by atoms with Crippen LogP contribution in [0.15, 0.2) is 24.8 Å². The lowest BCUT2D eigenvalue weighted by atomic mass is 10.2. The summed E-state index contributed by atoms with van der Waals surface area (Å²) >= 11 is 0.